The molecule has 1 aliphatic heterocycles. The Morgan fingerprint density at radius 2 is 1.15 bits per heavy atom. The third-order valence-corrected chi connectivity index (χ3v) is 9.86. The topological polar surface area (TPSA) is 149 Å². The highest BCUT2D eigenvalue weighted by molar-refractivity contribution is 5.76. The van der Waals surface area contributed by atoms with Crippen molar-refractivity contribution in [3.8, 4) is 0 Å². The van der Waals surface area contributed by atoms with Crippen molar-refractivity contribution in [2.75, 3.05) is 13.2 Å². The molecule has 1 saturated heterocycles. The van der Waals surface area contributed by atoms with Crippen molar-refractivity contribution in [2.24, 2.45) is 0 Å². The Kier molecular flexibility index (Phi) is 32.6. The zero-order valence-corrected chi connectivity index (χ0v) is 34.0. The molecule has 312 valence electrons. The monoisotopic (exact) mass is 762 g/mol. The lowest BCUT2D eigenvalue weighted by atomic mass is 9.99. The number of unbranched alkanes of at least 4 members (excludes halogenated alkanes) is 16. The van der Waals surface area contributed by atoms with Gasteiger partial charge in [-0.3, -0.25) is 4.79 Å². The molecule has 1 rings (SSSR count). The van der Waals surface area contributed by atoms with Crippen molar-refractivity contribution >= 4 is 5.91 Å². The van der Waals surface area contributed by atoms with E-state index in [1.807, 2.05) is 18.2 Å². The zero-order chi connectivity index (χ0) is 39.5. The minimum absolute atomic E-state index is 0.219. The van der Waals surface area contributed by atoms with E-state index in [0.717, 1.165) is 44.9 Å². The van der Waals surface area contributed by atoms with Gasteiger partial charge in [0, 0.05) is 6.42 Å². The molecule has 1 amide bonds. The van der Waals surface area contributed by atoms with E-state index in [-0.39, 0.29) is 18.9 Å². The second-order valence-corrected chi connectivity index (χ2v) is 14.8. The first-order valence-electron chi connectivity index (χ1n) is 21.5. The Balaban J connectivity index is 2.44. The predicted octanol–water partition coefficient (Wildman–Crippen LogP) is 8.44. The summed E-state index contributed by atoms with van der Waals surface area (Å²) in [6.45, 7) is 3.59. The standard InChI is InChI=1S/C45H79NO8/c1-3-5-7-9-11-13-15-17-18-19-20-21-23-24-26-28-30-32-34-39(48)38(37-53-45-44(52)43(51)42(50)40(36-47)54-45)46-41(49)35-33-31-29-27-25-22-16-14-12-10-8-6-4-2/h6,8,12,14,22,25,29,31-32,34,38-40,42-45,47-48,50-52H,3-5,7,9-11,13,15-21,23-24,26-28,30,33,35-37H2,1-2H3,(H,46,49)/b8-6-,14-12-,25-22-,31-29-,34-32+. The van der Waals surface area contributed by atoms with E-state index in [1.54, 1.807) is 6.08 Å². The van der Waals surface area contributed by atoms with Gasteiger partial charge >= 0.3 is 0 Å². The maximum absolute atomic E-state index is 12.9. The van der Waals surface area contributed by atoms with Gasteiger partial charge in [0.05, 0.1) is 25.4 Å². The fraction of sp³-hybridized carbons (Fsp3) is 0.756. The lowest BCUT2D eigenvalue weighted by Gasteiger charge is -2.40. The highest BCUT2D eigenvalue weighted by atomic mass is 16.7. The summed E-state index contributed by atoms with van der Waals surface area (Å²) in [5.41, 5.74) is 0. The number of nitrogens with one attached hydrogen (secondary N) is 1. The van der Waals surface area contributed by atoms with Gasteiger partial charge in [0.1, 0.15) is 24.4 Å². The summed E-state index contributed by atoms with van der Waals surface area (Å²) in [4.78, 5) is 12.9. The molecular weight excluding hydrogens is 682 g/mol. The van der Waals surface area contributed by atoms with Crippen LogP contribution in [0.2, 0.25) is 0 Å². The molecule has 9 heteroatoms. The van der Waals surface area contributed by atoms with E-state index < -0.39 is 49.5 Å². The smallest absolute Gasteiger partial charge is 0.220 e. The summed E-state index contributed by atoms with van der Waals surface area (Å²) in [6, 6.07) is -0.843. The minimum Gasteiger partial charge on any atom is -0.394 e. The SMILES string of the molecule is CC/C=C\C/C=C\C/C=C\C/C=C\CCC(=O)NC(COC1OC(CO)C(O)C(O)C1O)C(O)/C=C/CCCCCCCCCCCCCCCCCC. The number of hydrogen-bond acceptors (Lipinski definition) is 8. The molecule has 0 radical (unpaired) electrons. The number of carbonyl (C=O) groups is 1. The Morgan fingerprint density at radius 3 is 1.67 bits per heavy atom. The predicted molar refractivity (Wildman–Crippen MR) is 221 cm³/mol. The normalized spacial score (nSPS) is 22.1. The molecule has 0 aliphatic carbocycles. The average molecular weight is 762 g/mol. The van der Waals surface area contributed by atoms with Crippen LogP contribution in [-0.2, 0) is 14.3 Å². The highest BCUT2D eigenvalue weighted by Gasteiger charge is 2.44. The van der Waals surface area contributed by atoms with E-state index in [1.165, 1.54) is 89.9 Å². The first-order chi connectivity index (χ1) is 26.3. The number of ether oxygens (including phenoxy) is 2. The van der Waals surface area contributed by atoms with Crippen molar-refractivity contribution in [1.29, 1.82) is 0 Å². The van der Waals surface area contributed by atoms with Crippen LogP contribution in [0.5, 0.6) is 0 Å². The van der Waals surface area contributed by atoms with Gasteiger partial charge in [0.25, 0.3) is 0 Å². The van der Waals surface area contributed by atoms with E-state index in [4.69, 9.17) is 9.47 Å². The van der Waals surface area contributed by atoms with Gasteiger partial charge in [-0.2, -0.15) is 0 Å². The average Bonchev–Trinajstić information content (AvgIpc) is 3.17. The number of carbonyl (C=O) groups excluding carboxylic acids is 1. The molecule has 1 heterocycles. The Hall–Kier alpha value is -2.11. The summed E-state index contributed by atoms with van der Waals surface area (Å²) < 4.78 is 11.2. The van der Waals surface area contributed by atoms with Gasteiger partial charge < -0.3 is 40.3 Å². The molecule has 0 aromatic carbocycles. The van der Waals surface area contributed by atoms with Crippen molar-refractivity contribution in [1.82, 2.24) is 5.32 Å². The third kappa shape index (κ3) is 25.9. The van der Waals surface area contributed by atoms with Crippen LogP contribution in [0.4, 0.5) is 0 Å². The van der Waals surface area contributed by atoms with Crippen LogP contribution in [0, 0.1) is 0 Å². The van der Waals surface area contributed by atoms with Crippen molar-refractivity contribution in [3.63, 3.8) is 0 Å². The molecule has 1 fully saturated rings. The largest absolute Gasteiger partial charge is 0.394 e. The van der Waals surface area contributed by atoms with Crippen LogP contribution < -0.4 is 5.32 Å². The lowest BCUT2D eigenvalue weighted by Crippen LogP contribution is -2.60. The van der Waals surface area contributed by atoms with Crippen LogP contribution in [-0.4, -0.2) is 87.5 Å². The van der Waals surface area contributed by atoms with Crippen LogP contribution in [0.1, 0.15) is 162 Å². The number of aliphatic hydroxyl groups excluding tert-OH is 5. The zero-order valence-electron chi connectivity index (χ0n) is 34.0. The number of aliphatic hydroxyl groups is 5. The van der Waals surface area contributed by atoms with Gasteiger partial charge in [0.15, 0.2) is 6.29 Å². The number of allylic oxidation sites excluding steroid dienone is 9. The van der Waals surface area contributed by atoms with Crippen LogP contribution >= 0.6 is 0 Å². The summed E-state index contributed by atoms with van der Waals surface area (Å²) in [6.07, 6.45) is 38.5. The molecule has 1 aliphatic rings. The second-order valence-electron chi connectivity index (χ2n) is 14.8. The molecule has 0 aromatic rings. The molecule has 0 aromatic heterocycles. The minimum atomic E-state index is -1.58. The Labute approximate surface area is 328 Å². The maximum Gasteiger partial charge on any atom is 0.220 e. The summed E-state index contributed by atoms with van der Waals surface area (Å²) >= 11 is 0. The van der Waals surface area contributed by atoms with Crippen LogP contribution in [0.25, 0.3) is 0 Å². The molecule has 0 saturated carbocycles. The van der Waals surface area contributed by atoms with Gasteiger partial charge in [-0.05, 0) is 44.9 Å². The maximum atomic E-state index is 12.9. The Bertz CT molecular complexity index is 1030. The molecular formula is C45H79NO8. The van der Waals surface area contributed by atoms with Gasteiger partial charge in [-0.25, -0.2) is 0 Å². The van der Waals surface area contributed by atoms with Crippen LogP contribution in [0.15, 0.2) is 60.8 Å². The van der Waals surface area contributed by atoms with Crippen molar-refractivity contribution < 1.29 is 39.8 Å². The van der Waals surface area contributed by atoms with Crippen LogP contribution in [0.3, 0.4) is 0 Å². The molecule has 7 unspecified atom stereocenters. The highest BCUT2D eigenvalue weighted by Crippen LogP contribution is 2.22. The molecule has 7 atom stereocenters. The van der Waals surface area contributed by atoms with E-state index in [0.29, 0.717) is 6.42 Å². The van der Waals surface area contributed by atoms with E-state index in [2.05, 4.69) is 55.6 Å². The molecule has 0 spiro atoms. The molecule has 0 bridgehead atoms. The van der Waals surface area contributed by atoms with Gasteiger partial charge in [-0.15, -0.1) is 0 Å². The fourth-order valence-corrected chi connectivity index (χ4v) is 6.40. The fourth-order valence-electron chi connectivity index (χ4n) is 6.40. The number of hydrogen-bond donors (Lipinski definition) is 6. The molecule has 54 heavy (non-hydrogen) atoms. The van der Waals surface area contributed by atoms with Crippen molar-refractivity contribution in [3.05, 3.63) is 60.8 Å². The number of amides is 1. The summed E-state index contributed by atoms with van der Waals surface area (Å²) in [5.74, 6) is -0.259. The number of rotatable bonds is 34. The van der Waals surface area contributed by atoms with Crippen molar-refractivity contribution in [2.45, 2.75) is 204 Å². The van der Waals surface area contributed by atoms with E-state index in [9.17, 15) is 30.3 Å². The van der Waals surface area contributed by atoms with E-state index >= 15 is 0 Å². The summed E-state index contributed by atoms with van der Waals surface area (Å²) in [5, 5.41) is 54.0. The third-order valence-electron chi connectivity index (χ3n) is 9.86. The molecule has 9 nitrogen and oxygen atoms in total. The first-order valence-corrected chi connectivity index (χ1v) is 21.5. The molecule has 6 N–H and O–H groups in total. The van der Waals surface area contributed by atoms with Gasteiger partial charge in [-0.1, -0.05) is 171 Å². The quantitative estimate of drug-likeness (QED) is 0.0283. The summed E-state index contributed by atoms with van der Waals surface area (Å²) in [7, 11) is 0. The first kappa shape index (κ1) is 49.9. The second kappa shape index (κ2) is 35.3. The lowest BCUT2D eigenvalue weighted by molar-refractivity contribution is -0.302. The Morgan fingerprint density at radius 1 is 0.648 bits per heavy atom. The van der Waals surface area contributed by atoms with Gasteiger partial charge in [0.2, 0.25) is 5.91 Å².